The topological polar surface area (TPSA) is 77.1 Å². The maximum absolute atomic E-state index is 12.6. The molecule has 7 heteroatoms. The fourth-order valence-electron chi connectivity index (χ4n) is 3.38. The highest BCUT2D eigenvalue weighted by atomic mass is 16.6. The van der Waals surface area contributed by atoms with Crippen LogP contribution in [0.2, 0.25) is 0 Å². The lowest BCUT2D eigenvalue weighted by Gasteiger charge is -2.22. The van der Waals surface area contributed by atoms with Crippen LogP contribution in [0.15, 0.2) is 42.5 Å². The number of nitrogens with one attached hydrogen (secondary N) is 1. The SMILES string of the molecule is CCOc1ccc(NC(=O)[C@H]2CC(=O)N(c3ccc4c(c3)OCCO4)C2)cc1. The fourth-order valence-corrected chi connectivity index (χ4v) is 3.38. The summed E-state index contributed by atoms with van der Waals surface area (Å²) in [6.07, 6.45) is 0.178. The first-order valence-corrected chi connectivity index (χ1v) is 9.38. The predicted octanol–water partition coefficient (Wildman–Crippen LogP) is 2.85. The van der Waals surface area contributed by atoms with Gasteiger partial charge in [-0.05, 0) is 43.3 Å². The first-order valence-electron chi connectivity index (χ1n) is 9.38. The van der Waals surface area contributed by atoms with Gasteiger partial charge in [0.25, 0.3) is 0 Å². The number of ether oxygens (including phenoxy) is 3. The summed E-state index contributed by atoms with van der Waals surface area (Å²) >= 11 is 0. The molecule has 4 rings (SSSR count). The molecule has 1 saturated heterocycles. The van der Waals surface area contributed by atoms with Crippen molar-refractivity contribution in [2.45, 2.75) is 13.3 Å². The molecule has 2 aromatic carbocycles. The molecule has 2 aliphatic heterocycles. The van der Waals surface area contributed by atoms with E-state index in [1.165, 1.54) is 0 Å². The van der Waals surface area contributed by atoms with Gasteiger partial charge in [0.15, 0.2) is 11.5 Å². The first-order chi connectivity index (χ1) is 13.6. The van der Waals surface area contributed by atoms with Crippen molar-refractivity contribution in [1.29, 1.82) is 0 Å². The lowest BCUT2D eigenvalue weighted by Crippen LogP contribution is -2.28. The third kappa shape index (κ3) is 3.74. The average Bonchev–Trinajstić information content (AvgIpc) is 3.11. The summed E-state index contributed by atoms with van der Waals surface area (Å²) in [4.78, 5) is 26.7. The van der Waals surface area contributed by atoms with Crippen LogP contribution >= 0.6 is 0 Å². The summed E-state index contributed by atoms with van der Waals surface area (Å²) in [5.74, 6) is 1.39. The maximum atomic E-state index is 12.6. The van der Waals surface area contributed by atoms with E-state index in [0.717, 1.165) is 5.75 Å². The summed E-state index contributed by atoms with van der Waals surface area (Å²) in [6.45, 7) is 3.84. The van der Waals surface area contributed by atoms with Crippen LogP contribution < -0.4 is 24.4 Å². The van der Waals surface area contributed by atoms with E-state index in [4.69, 9.17) is 14.2 Å². The number of amides is 2. The number of benzene rings is 2. The fraction of sp³-hybridized carbons (Fsp3) is 0.333. The summed E-state index contributed by atoms with van der Waals surface area (Å²) in [5.41, 5.74) is 1.39. The molecule has 7 nitrogen and oxygen atoms in total. The van der Waals surface area contributed by atoms with Crippen molar-refractivity contribution in [3.05, 3.63) is 42.5 Å². The van der Waals surface area contributed by atoms with Crippen molar-refractivity contribution >= 4 is 23.2 Å². The van der Waals surface area contributed by atoms with Crippen LogP contribution in [0.5, 0.6) is 17.2 Å². The second kappa shape index (κ2) is 7.80. The molecule has 0 unspecified atom stereocenters. The summed E-state index contributed by atoms with van der Waals surface area (Å²) in [5, 5.41) is 2.88. The van der Waals surface area contributed by atoms with E-state index < -0.39 is 5.92 Å². The van der Waals surface area contributed by atoms with E-state index >= 15 is 0 Å². The Morgan fingerprint density at radius 1 is 1.14 bits per heavy atom. The minimum atomic E-state index is -0.410. The second-order valence-electron chi connectivity index (χ2n) is 6.68. The Labute approximate surface area is 163 Å². The standard InChI is InChI=1S/C21H22N2O5/c1-2-26-17-6-3-15(4-7-17)22-21(25)14-11-20(24)23(13-14)16-5-8-18-19(12-16)28-10-9-27-18/h3-8,12,14H,2,9-11,13H2,1H3,(H,22,25)/t14-/m0/s1. The number of hydrogen-bond donors (Lipinski definition) is 1. The maximum Gasteiger partial charge on any atom is 0.229 e. The lowest BCUT2D eigenvalue weighted by atomic mass is 10.1. The Morgan fingerprint density at radius 3 is 2.64 bits per heavy atom. The molecule has 0 aliphatic carbocycles. The van der Waals surface area contributed by atoms with Gasteiger partial charge in [-0.1, -0.05) is 0 Å². The van der Waals surface area contributed by atoms with Crippen LogP contribution in [0.25, 0.3) is 0 Å². The highest BCUT2D eigenvalue weighted by Gasteiger charge is 2.35. The van der Waals surface area contributed by atoms with Gasteiger partial charge in [0.1, 0.15) is 19.0 Å². The molecule has 0 spiro atoms. The Morgan fingerprint density at radius 2 is 1.89 bits per heavy atom. The van der Waals surface area contributed by atoms with E-state index in [1.54, 1.807) is 41.3 Å². The van der Waals surface area contributed by atoms with Crippen molar-refractivity contribution in [2.75, 3.05) is 36.6 Å². The minimum absolute atomic E-state index is 0.0801. The number of fused-ring (bicyclic) bond motifs is 1. The Balaban J connectivity index is 1.42. The summed E-state index contributed by atoms with van der Waals surface area (Å²) in [6, 6.07) is 12.6. The zero-order valence-electron chi connectivity index (χ0n) is 15.6. The predicted molar refractivity (Wildman–Crippen MR) is 104 cm³/mol. The van der Waals surface area contributed by atoms with E-state index in [0.29, 0.717) is 49.2 Å². The van der Waals surface area contributed by atoms with Crippen molar-refractivity contribution in [3.63, 3.8) is 0 Å². The van der Waals surface area contributed by atoms with Gasteiger partial charge in [0.05, 0.1) is 12.5 Å². The van der Waals surface area contributed by atoms with E-state index in [-0.39, 0.29) is 18.2 Å². The van der Waals surface area contributed by atoms with Crippen LogP contribution in [0.3, 0.4) is 0 Å². The highest BCUT2D eigenvalue weighted by Crippen LogP contribution is 2.36. The average molecular weight is 382 g/mol. The zero-order valence-corrected chi connectivity index (χ0v) is 15.6. The number of nitrogens with zero attached hydrogens (tertiary/aromatic N) is 1. The zero-order chi connectivity index (χ0) is 19.5. The molecule has 2 heterocycles. The quantitative estimate of drug-likeness (QED) is 0.861. The van der Waals surface area contributed by atoms with Gasteiger partial charge < -0.3 is 24.4 Å². The molecule has 2 aromatic rings. The van der Waals surface area contributed by atoms with Crippen LogP contribution in [0.4, 0.5) is 11.4 Å². The number of rotatable bonds is 5. The Kier molecular flexibility index (Phi) is 5.06. The molecule has 146 valence electrons. The molecular weight excluding hydrogens is 360 g/mol. The monoisotopic (exact) mass is 382 g/mol. The van der Waals surface area contributed by atoms with Crippen molar-refractivity contribution in [3.8, 4) is 17.2 Å². The van der Waals surface area contributed by atoms with Gasteiger partial charge in [0, 0.05) is 30.4 Å². The van der Waals surface area contributed by atoms with Crippen LogP contribution in [-0.4, -0.2) is 38.2 Å². The molecule has 1 N–H and O–H groups in total. The molecule has 0 aromatic heterocycles. The third-order valence-corrected chi connectivity index (χ3v) is 4.77. The van der Waals surface area contributed by atoms with Crippen molar-refractivity contribution in [2.24, 2.45) is 5.92 Å². The van der Waals surface area contributed by atoms with Crippen molar-refractivity contribution in [1.82, 2.24) is 0 Å². The molecule has 1 fully saturated rings. The summed E-state index contributed by atoms with van der Waals surface area (Å²) in [7, 11) is 0. The number of anilines is 2. The first kappa shape index (κ1) is 18.2. The van der Waals surface area contributed by atoms with E-state index in [9.17, 15) is 9.59 Å². The Hall–Kier alpha value is -3.22. The molecule has 0 saturated carbocycles. The lowest BCUT2D eigenvalue weighted by molar-refractivity contribution is -0.122. The van der Waals surface area contributed by atoms with Gasteiger partial charge in [-0.15, -0.1) is 0 Å². The van der Waals surface area contributed by atoms with Crippen LogP contribution in [0.1, 0.15) is 13.3 Å². The second-order valence-corrected chi connectivity index (χ2v) is 6.68. The van der Waals surface area contributed by atoms with Gasteiger partial charge in [-0.25, -0.2) is 0 Å². The normalized spacial score (nSPS) is 18.1. The number of carbonyl (C=O) groups excluding carboxylic acids is 2. The minimum Gasteiger partial charge on any atom is -0.494 e. The van der Waals surface area contributed by atoms with Crippen LogP contribution in [-0.2, 0) is 9.59 Å². The van der Waals surface area contributed by atoms with Crippen molar-refractivity contribution < 1.29 is 23.8 Å². The third-order valence-electron chi connectivity index (χ3n) is 4.77. The molecule has 0 radical (unpaired) electrons. The number of hydrogen-bond acceptors (Lipinski definition) is 5. The molecule has 0 bridgehead atoms. The van der Waals surface area contributed by atoms with Gasteiger partial charge in [0.2, 0.25) is 11.8 Å². The smallest absolute Gasteiger partial charge is 0.229 e. The molecule has 1 atom stereocenters. The van der Waals surface area contributed by atoms with E-state index in [2.05, 4.69) is 5.32 Å². The molecule has 2 aliphatic rings. The van der Waals surface area contributed by atoms with E-state index in [1.807, 2.05) is 13.0 Å². The molecular formula is C21H22N2O5. The molecule has 28 heavy (non-hydrogen) atoms. The van der Waals surface area contributed by atoms with Crippen LogP contribution in [0, 0.1) is 5.92 Å². The number of carbonyl (C=O) groups is 2. The Bertz CT molecular complexity index is 881. The summed E-state index contributed by atoms with van der Waals surface area (Å²) < 4.78 is 16.5. The largest absolute Gasteiger partial charge is 0.494 e. The molecule has 2 amide bonds. The van der Waals surface area contributed by atoms with Gasteiger partial charge in [-0.2, -0.15) is 0 Å². The highest BCUT2D eigenvalue weighted by molar-refractivity contribution is 6.03. The van der Waals surface area contributed by atoms with Gasteiger partial charge in [-0.3, -0.25) is 9.59 Å². The van der Waals surface area contributed by atoms with Gasteiger partial charge >= 0.3 is 0 Å².